The van der Waals surface area contributed by atoms with Crippen LogP contribution in [0.25, 0.3) is 0 Å². The molecule has 1 aromatic heterocycles. The molecule has 33 heavy (non-hydrogen) atoms. The molecule has 2 aliphatic rings. The van der Waals surface area contributed by atoms with Crippen LogP contribution in [0, 0.1) is 24.5 Å². The molecule has 4 rings (SSSR count). The minimum atomic E-state index is -4.18. The van der Waals surface area contributed by atoms with Gasteiger partial charge in [-0.2, -0.15) is 4.31 Å². The van der Waals surface area contributed by atoms with Gasteiger partial charge in [-0.05, 0) is 68.5 Å². The van der Waals surface area contributed by atoms with Crippen molar-refractivity contribution in [3.63, 3.8) is 0 Å². The molecular weight excluding hydrogens is 448 g/mol. The minimum absolute atomic E-state index is 0.0657. The number of aromatic nitrogens is 1. The second kappa shape index (κ2) is 9.85. The second-order valence-corrected chi connectivity index (χ2v) is 10.9. The summed E-state index contributed by atoms with van der Waals surface area (Å²) in [5, 5.41) is 0. The maximum Gasteiger partial charge on any atom is 0.246 e. The predicted octanol–water partition coefficient (Wildman–Crippen LogP) is 4.05. The molecule has 1 saturated heterocycles. The quantitative estimate of drug-likeness (QED) is 0.667. The molecule has 2 heterocycles. The van der Waals surface area contributed by atoms with Gasteiger partial charge in [-0.3, -0.25) is 14.4 Å². The number of rotatable bonds is 4. The van der Waals surface area contributed by atoms with E-state index >= 15 is 0 Å². The van der Waals surface area contributed by atoms with E-state index in [1.807, 2.05) is 19.1 Å². The van der Waals surface area contributed by atoms with Gasteiger partial charge in [-0.25, -0.2) is 17.2 Å². The lowest BCUT2D eigenvalue weighted by atomic mass is 9.96. The molecule has 0 amide bonds. The number of carbonyl (C=O) groups is 1. The molecule has 2 fully saturated rings. The standard InChI is InChI=1S/C24H29F2N3O3S/c1-17-9-14-29(23(15-17)27-20-5-3-2-4-6-20)24(30)18-10-12-28(13-11-18)33(31,32)22-16-19(25)7-8-21(22)26/h7-9,14-16,18,20H,2-6,10-13H2,1H3. The summed E-state index contributed by atoms with van der Waals surface area (Å²) >= 11 is 0. The molecule has 1 aliphatic heterocycles. The van der Waals surface area contributed by atoms with Gasteiger partial charge in [0, 0.05) is 25.2 Å². The Labute approximate surface area is 193 Å². The summed E-state index contributed by atoms with van der Waals surface area (Å²) in [7, 11) is -4.18. The summed E-state index contributed by atoms with van der Waals surface area (Å²) in [4.78, 5) is 17.5. The molecular formula is C24H29F2N3O3S. The zero-order chi connectivity index (χ0) is 23.6. The van der Waals surface area contributed by atoms with Crippen LogP contribution in [0.5, 0.6) is 0 Å². The van der Waals surface area contributed by atoms with E-state index < -0.39 is 26.6 Å². The number of hydrogen-bond acceptors (Lipinski definition) is 4. The zero-order valence-electron chi connectivity index (χ0n) is 18.7. The van der Waals surface area contributed by atoms with Crippen LogP contribution in [-0.4, -0.2) is 42.3 Å². The van der Waals surface area contributed by atoms with Gasteiger partial charge in [0.05, 0.1) is 6.04 Å². The molecule has 0 unspecified atom stereocenters. The topological polar surface area (TPSA) is 71.7 Å². The predicted molar refractivity (Wildman–Crippen MR) is 120 cm³/mol. The number of piperidine rings is 1. The Morgan fingerprint density at radius 1 is 1.00 bits per heavy atom. The maximum atomic E-state index is 14.1. The van der Waals surface area contributed by atoms with Crippen LogP contribution in [0.1, 0.15) is 55.3 Å². The van der Waals surface area contributed by atoms with E-state index in [9.17, 15) is 22.0 Å². The lowest BCUT2D eigenvalue weighted by Gasteiger charge is -2.31. The van der Waals surface area contributed by atoms with Crippen molar-refractivity contribution in [2.75, 3.05) is 13.1 Å². The van der Waals surface area contributed by atoms with Crippen molar-refractivity contribution < 1.29 is 22.0 Å². The van der Waals surface area contributed by atoms with Crippen LogP contribution in [0.15, 0.2) is 46.4 Å². The molecule has 0 radical (unpaired) electrons. The smallest absolute Gasteiger partial charge is 0.246 e. The molecule has 6 nitrogen and oxygen atoms in total. The largest absolute Gasteiger partial charge is 0.274 e. The molecule has 1 saturated carbocycles. The van der Waals surface area contributed by atoms with E-state index in [1.165, 1.54) is 6.42 Å². The van der Waals surface area contributed by atoms with Crippen LogP contribution < -0.4 is 5.49 Å². The van der Waals surface area contributed by atoms with Crippen LogP contribution in [0.2, 0.25) is 0 Å². The Kier molecular flexibility index (Phi) is 7.09. The highest BCUT2D eigenvalue weighted by molar-refractivity contribution is 7.89. The minimum Gasteiger partial charge on any atom is -0.274 e. The third-order valence-corrected chi connectivity index (χ3v) is 8.44. The maximum absolute atomic E-state index is 14.1. The second-order valence-electron chi connectivity index (χ2n) is 8.94. The number of halogens is 2. The van der Waals surface area contributed by atoms with Gasteiger partial charge in [-0.15, -0.1) is 0 Å². The molecule has 1 aliphatic carbocycles. The summed E-state index contributed by atoms with van der Waals surface area (Å²) in [6.07, 6.45) is 7.91. The zero-order valence-corrected chi connectivity index (χ0v) is 19.5. The fourth-order valence-electron chi connectivity index (χ4n) is 4.63. The van der Waals surface area contributed by atoms with Crippen LogP contribution in [-0.2, 0) is 10.0 Å². The summed E-state index contributed by atoms with van der Waals surface area (Å²) in [5.41, 5.74) is 1.66. The first-order valence-corrected chi connectivity index (χ1v) is 12.9. The summed E-state index contributed by atoms with van der Waals surface area (Å²) in [6, 6.07) is 6.39. The fourth-order valence-corrected chi connectivity index (χ4v) is 6.17. The first-order chi connectivity index (χ1) is 15.8. The van der Waals surface area contributed by atoms with Gasteiger partial charge in [0.1, 0.15) is 22.0 Å². The summed E-state index contributed by atoms with van der Waals surface area (Å²) in [6.45, 7) is 2.09. The number of nitrogens with zero attached hydrogens (tertiary/aromatic N) is 3. The Morgan fingerprint density at radius 2 is 1.70 bits per heavy atom. The molecule has 178 valence electrons. The number of pyridine rings is 1. The monoisotopic (exact) mass is 477 g/mol. The number of sulfonamides is 1. The highest BCUT2D eigenvalue weighted by Crippen LogP contribution is 2.27. The van der Waals surface area contributed by atoms with Crippen molar-refractivity contribution in [3.8, 4) is 0 Å². The van der Waals surface area contributed by atoms with E-state index in [2.05, 4.69) is 0 Å². The molecule has 9 heteroatoms. The molecule has 0 spiro atoms. The van der Waals surface area contributed by atoms with Crippen molar-refractivity contribution in [3.05, 3.63) is 59.2 Å². The highest BCUT2D eigenvalue weighted by Gasteiger charge is 2.34. The molecule has 0 bridgehead atoms. The summed E-state index contributed by atoms with van der Waals surface area (Å²) < 4.78 is 56.0. The average Bonchev–Trinajstić information content (AvgIpc) is 2.81. The van der Waals surface area contributed by atoms with E-state index in [1.54, 1.807) is 10.8 Å². The van der Waals surface area contributed by atoms with Crippen LogP contribution >= 0.6 is 0 Å². The molecule has 0 atom stereocenters. The SMILES string of the molecule is Cc1ccn(C(=O)C2CCN(S(=O)(=O)c3cc(F)ccc3F)CC2)c(=NC2CCCCC2)c1. The van der Waals surface area contributed by atoms with Gasteiger partial charge in [0.2, 0.25) is 15.9 Å². The molecule has 0 N–H and O–H groups in total. The first-order valence-electron chi connectivity index (χ1n) is 11.5. The lowest BCUT2D eigenvalue weighted by Crippen LogP contribution is -2.43. The highest BCUT2D eigenvalue weighted by atomic mass is 32.2. The fraction of sp³-hybridized carbons (Fsp3) is 0.500. The molecule has 2 aromatic rings. The van der Waals surface area contributed by atoms with Crippen molar-refractivity contribution in [2.24, 2.45) is 10.9 Å². The number of benzene rings is 1. The first kappa shape index (κ1) is 23.8. The van der Waals surface area contributed by atoms with Crippen molar-refractivity contribution in [2.45, 2.75) is 62.8 Å². The average molecular weight is 478 g/mol. The van der Waals surface area contributed by atoms with E-state index in [-0.39, 0.29) is 31.0 Å². The van der Waals surface area contributed by atoms with Gasteiger partial charge < -0.3 is 0 Å². The summed E-state index contributed by atoms with van der Waals surface area (Å²) in [5.74, 6) is -2.29. The van der Waals surface area contributed by atoms with Crippen LogP contribution in [0.4, 0.5) is 8.78 Å². The van der Waals surface area contributed by atoms with Gasteiger partial charge in [0.25, 0.3) is 0 Å². The normalized spacial score (nSPS) is 19.7. The molecule has 1 aromatic carbocycles. The lowest BCUT2D eigenvalue weighted by molar-refractivity contribution is 0.0780. The van der Waals surface area contributed by atoms with Gasteiger partial charge >= 0.3 is 0 Å². The van der Waals surface area contributed by atoms with Crippen molar-refractivity contribution >= 4 is 15.9 Å². The third kappa shape index (κ3) is 5.24. The van der Waals surface area contributed by atoms with Gasteiger partial charge in [-0.1, -0.05) is 19.3 Å². The van der Waals surface area contributed by atoms with Crippen molar-refractivity contribution in [1.29, 1.82) is 0 Å². The number of hydrogen-bond donors (Lipinski definition) is 0. The Morgan fingerprint density at radius 3 is 2.39 bits per heavy atom. The Bertz CT molecular complexity index is 1200. The number of aryl methyl sites for hydroxylation is 1. The van der Waals surface area contributed by atoms with Crippen molar-refractivity contribution in [1.82, 2.24) is 8.87 Å². The third-order valence-electron chi connectivity index (χ3n) is 6.53. The van der Waals surface area contributed by atoms with E-state index in [0.717, 1.165) is 47.7 Å². The number of carbonyl (C=O) groups excluding carboxylic acids is 1. The Balaban J connectivity index is 1.51. The Hall–Kier alpha value is -2.39. The van der Waals surface area contributed by atoms with E-state index in [4.69, 9.17) is 4.99 Å². The van der Waals surface area contributed by atoms with Crippen LogP contribution in [0.3, 0.4) is 0 Å². The van der Waals surface area contributed by atoms with E-state index in [0.29, 0.717) is 24.4 Å². The van der Waals surface area contributed by atoms with Gasteiger partial charge in [0.15, 0.2) is 0 Å².